The normalized spacial score (nSPS) is 18.6. The van der Waals surface area contributed by atoms with Gasteiger partial charge in [-0.1, -0.05) is 12.1 Å². The monoisotopic (exact) mass is 470 g/mol. The van der Waals surface area contributed by atoms with Crippen LogP contribution in [0.1, 0.15) is 43.1 Å². The summed E-state index contributed by atoms with van der Waals surface area (Å²) in [4.78, 5) is 31.1. The molecule has 4 atom stereocenters. The molecule has 1 aliphatic rings. The van der Waals surface area contributed by atoms with Crippen LogP contribution in [-0.2, 0) is 9.59 Å². The van der Waals surface area contributed by atoms with E-state index in [1.165, 1.54) is 16.2 Å². The number of nitrogens with one attached hydrogen (secondary N) is 1. The molecule has 33 heavy (non-hydrogen) atoms. The smallest absolute Gasteiger partial charge is 0.255 e. The average Bonchev–Trinajstić information content (AvgIpc) is 3.59. The average molecular weight is 471 g/mol. The Morgan fingerprint density at radius 3 is 2.64 bits per heavy atom. The Balaban J connectivity index is 1.37. The number of carbonyl (C=O) groups excluding carboxylic acids is 2. The maximum Gasteiger partial charge on any atom is 0.255 e. The minimum absolute atomic E-state index is 0.330. The molecule has 5 N–H and O–H groups in total. The Kier molecular flexibility index (Phi) is 6.72. The summed E-state index contributed by atoms with van der Waals surface area (Å²) in [6, 6.07) is 8.44. The number of aliphatic hydroxyl groups excluding tert-OH is 2. The van der Waals surface area contributed by atoms with Gasteiger partial charge in [0.1, 0.15) is 0 Å². The molecule has 10 nitrogen and oxygen atoms in total. The first-order valence-corrected chi connectivity index (χ1v) is 11.5. The van der Waals surface area contributed by atoms with Crippen molar-refractivity contribution in [3.63, 3.8) is 0 Å². The van der Waals surface area contributed by atoms with Crippen molar-refractivity contribution in [2.24, 2.45) is 0 Å². The number of anilines is 1. The second-order valence-corrected chi connectivity index (χ2v) is 8.85. The second-order valence-electron chi connectivity index (χ2n) is 7.96. The van der Waals surface area contributed by atoms with Gasteiger partial charge in [0.05, 0.1) is 23.5 Å². The Bertz CT molecular complexity index is 1100. The first kappa shape index (κ1) is 22.9. The minimum atomic E-state index is -1.90. The van der Waals surface area contributed by atoms with E-state index in [2.05, 4.69) is 15.4 Å². The summed E-state index contributed by atoms with van der Waals surface area (Å²) >= 11 is 1.28. The Morgan fingerprint density at radius 2 is 2.00 bits per heavy atom. The number of nitrogens with zero attached hydrogens (tertiary/aromatic N) is 4. The highest BCUT2D eigenvalue weighted by atomic mass is 32.1. The van der Waals surface area contributed by atoms with E-state index in [0.29, 0.717) is 23.8 Å². The lowest BCUT2D eigenvalue weighted by atomic mass is 10.1. The number of carbonyl (C=O) groups is 2. The van der Waals surface area contributed by atoms with Gasteiger partial charge in [-0.2, -0.15) is 5.10 Å². The van der Waals surface area contributed by atoms with Crippen molar-refractivity contribution in [2.45, 2.75) is 44.1 Å². The van der Waals surface area contributed by atoms with Crippen molar-refractivity contribution in [1.82, 2.24) is 25.0 Å². The number of benzene rings is 1. The molecule has 3 aromatic rings. The zero-order chi connectivity index (χ0) is 23.5. The number of aliphatic hydroxyl groups is 2. The molecule has 1 saturated heterocycles. The number of nitrogen functional groups attached to an aromatic ring is 1. The molecular weight excluding hydrogens is 444 g/mol. The fraction of sp³-hybridized carbons (Fsp3) is 0.364. The van der Waals surface area contributed by atoms with E-state index >= 15 is 0 Å². The summed E-state index contributed by atoms with van der Waals surface area (Å²) in [5, 5.41) is 29.8. The molecule has 3 heterocycles. The second kappa shape index (κ2) is 9.69. The molecule has 174 valence electrons. The van der Waals surface area contributed by atoms with Gasteiger partial charge < -0.3 is 26.2 Å². The van der Waals surface area contributed by atoms with E-state index in [-0.39, 0.29) is 6.04 Å². The predicted octanol–water partition coefficient (Wildman–Crippen LogP) is 1.17. The molecule has 2 aromatic heterocycles. The standard InChI is InChI=1S/C22H26N6O4S/c1-13(14-5-7-15(8-6-14)28-11-3-9-24-28)25-20(31)18(29)19(30)21(32)27-10-2-4-17(27)16-12-33-22(23)26-16/h3,5-9,11-13,17-19,29-30H,2,4,10H2,1H3,(H2,23,26)(H,25,31)/t13-,17-,18-,19-/m1/s1. The van der Waals surface area contributed by atoms with E-state index in [9.17, 15) is 19.8 Å². The van der Waals surface area contributed by atoms with Crippen molar-refractivity contribution in [3.05, 3.63) is 59.4 Å². The van der Waals surface area contributed by atoms with Gasteiger partial charge in [-0.05, 0) is 43.5 Å². The summed E-state index contributed by atoms with van der Waals surface area (Å²) in [6.45, 7) is 2.16. The van der Waals surface area contributed by atoms with Gasteiger partial charge in [0.25, 0.3) is 11.8 Å². The quantitative estimate of drug-likeness (QED) is 0.405. The van der Waals surface area contributed by atoms with Gasteiger partial charge >= 0.3 is 0 Å². The fourth-order valence-corrected chi connectivity index (χ4v) is 4.57. The molecule has 0 unspecified atom stereocenters. The van der Waals surface area contributed by atoms with Gasteiger partial charge in [-0.15, -0.1) is 11.3 Å². The van der Waals surface area contributed by atoms with E-state index in [4.69, 9.17) is 5.73 Å². The van der Waals surface area contributed by atoms with Gasteiger partial charge in [0.15, 0.2) is 17.3 Å². The molecule has 0 saturated carbocycles. The van der Waals surface area contributed by atoms with Crippen LogP contribution < -0.4 is 11.1 Å². The van der Waals surface area contributed by atoms with Crippen LogP contribution >= 0.6 is 11.3 Å². The third-order valence-electron chi connectivity index (χ3n) is 5.76. The Morgan fingerprint density at radius 1 is 1.24 bits per heavy atom. The van der Waals surface area contributed by atoms with E-state index in [0.717, 1.165) is 17.7 Å². The third kappa shape index (κ3) is 4.90. The summed E-state index contributed by atoms with van der Waals surface area (Å²) in [6.07, 6.45) is 1.13. The van der Waals surface area contributed by atoms with Crippen LogP contribution in [0.25, 0.3) is 5.69 Å². The van der Waals surface area contributed by atoms with Gasteiger partial charge in [0, 0.05) is 24.3 Å². The molecule has 0 spiro atoms. The highest BCUT2D eigenvalue weighted by Crippen LogP contribution is 2.33. The van der Waals surface area contributed by atoms with Crippen LogP contribution in [0, 0.1) is 0 Å². The molecule has 2 amide bonds. The molecule has 4 rings (SSSR count). The van der Waals surface area contributed by atoms with Crippen molar-refractivity contribution in [1.29, 1.82) is 0 Å². The summed E-state index contributed by atoms with van der Waals surface area (Å²) < 4.78 is 1.71. The van der Waals surface area contributed by atoms with Crippen molar-refractivity contribution < 1.29 is 19.8 Å². The Labute approximate surface area is 194 Å². The number of aromatic nitrogens is 3. The third-order valence-corrected chi connectivity index (χ3v) is 6.45. The van der Waals surface area contributed by atoms with Crippen molar-refractivity contribution in [3.8, 4) is 5.69 Å². The highest BCUT2D eigenvalue weighted by molar-refractivity contribution is 7.13. The van der Waals surface area contributed by atoms with Gasteiger partial charge in [-0.3, -0.25) is 9.59 Å². The van der Waals surface area contributed by atoms with Crippen molar-refractivity contribution >= 4 is 28.3 Å². The van der Waals surface area contributed by atoms with Gasteiger partial charge in [0.2, 0.25) is 0 Å². The number of hydrogen-bond acceptors (Lipinski definition) is 8. The SMILES string of the molecule is C[C@@H](NC(=O)[C@H](O)[C@@H](O)C(=O)N1CCC[C@@H]1c1csc(N)n1)c1ccc(-n2cccn2)cc1. The number of likely N-dealkylation sites (tertiary alicyclic amines) is 1. The maximum absolute atomic E-state index is 12.9. The lowest BCUT2D eigenvalue weighted by Crippen LogP contribution is -2.51. The predicted molar refractivity (Wildman–Crippen MR) is 122 cm³/mol. The van der Waals surface area contributed by atoms with Crippen LogP contribution in [-0.4, -0.2) is 60.4 Å². The largest absolute Gasteiger partial charge is 0.380 e. The van der Waals surface area contributed by atoms with E-state index in [1.807, 2.05) is 36.5 Å². The fourth-order valence-electron chi connectivity index (χ4n) is 3.96. The lowest BCUT2D eigenvalue weighted by Gasteiger charge is -2.28. The molecule has 1 fully saturated rings. The number of nitrogens with two attached hydrogens (primary N) is 1. The van der Waals surface area contributed by atoms with Crippen LogP contribution in [0.3, 0.4) is 0 Å². The molecule has 1 aliphatic heterocycles. The van der Waals surface area contributed by atoms with Crippen LogP contribution in [0.4, 0.5) is 5.13 Å². The van der Waals surface area contributed by atoms with Crippen LogP contribution in [0.2, 0.25) is 0 Å². The van der Waals surface area contributed by atoms with Gasteiger partial charge in [-0.25, -0.2) is 9.67 Å². The summed E-state index contributed by atoms with van der Waals surface area (Å²) in [7, 11) is 0. The number of thiazole rings is 1. The summed E-state index contributed by atoms with van der Waals surface area (Å²) in [5.74, 6) is -1.53. The lowest BCUT2D eigenvalue weighted by molar-refractivity contribution is -0.154. The molecule has 1 aromatic carbocycles. The van der Waals surface area contributed by atoms with Crippen molar-refractivity contribution in [2.75, 3.05) is 12.3 Å². The molecule has 0 aliphatic carbocycles. The number of amides is 2. The van der Waals surface area contributed by atoms with E-state index < -0.39 is 30.1 Å². The topological polar surface area (TPSA) is 147 Å². The highest BCUT2D eigenvalue weighted by Gasteiger charge is 2.39. The molecular formula is C22H26N6O4S. The van der Waals surface area contributed by atoms with Crippen LogP contribution in [0.15, 0.2) is 48.1 Å². The first-order chi connectivity index (χ1) is 15.8. The molecule has 0 bridgehead atoms. The minimum Gasteiger partial charge on any atom is -0.380 e. The summed E-state index contributed by atoms with van der Waals surface area (Å²) in [5.41, 5.74) is 8.02. The zero-order valence-corrected chi connectivity index (χ0v) is 18.9. The first-order valence-electron chi connectivity index (χ1n) is 10.6. The maximum atomic E-state index is 12.9. The number of hydrogen-bond donors (Lipinski definition) is 4. The molecule has 11 heteroatoms. The van der Waals surface area contributed by atoms with Crippen LogP contribution in [0.5, 0.6) is 0 Å². The van der Waals surface area contributed by atoms with E-state index in [1.54, 1.807) is 23.2 Å². The zero-order valence-electron chi connectivity index (χ0n) is 18.0. The number of rotatable bonds is 7. The Hall–Kier alpha value is -3.28. The molecule has 0 radical (unpaired) electrons.